The lowest BCUT2D eigenvalue weighted by Gasteiger charge is -2.33. The first-order chi connectivity index (χ1) is 10.00. The molecule has 1 aromatic carbocycles. The standard InChI is InChI=1S/C15H19BrFN3S/c1-15(3-5-21-6-4-15)13(9-18)20-12-8-10(17)7-11(16)14(12)19-2/h7-9,18-19H,3-6H2,1-2H3. The molecule has 6 heteroatoms. The van der Waals surface area contributed by atoms with E-state index in [1.165, 1.54) is 18.3 Å². The van der Waals surface area contributed by atoms with Gasteiger partial charge in [-0.25, -0.2) is 9.38 Å². The van der Waals surface area contributed by atoms with Crippen molar-refractivity contribution in [1.29, 1.82) is 5.41 Å². The number of aliphatic imine (C=N–C) groups is 1. The molecule has 2 N–H and O–H groups in total. The van der Waals surface area contributed by atoms with Gasteiger partial charge in [-0.05, 0) is 46.3 Å². The number of anilines is 1. The lowest BCUT2D eigenvalue weighted by molar-refractivity contribution is 0.436. The lowest BCUT2D eigenvalue weighted by atomic mass is 9.79. The third kappa shape index (κ3) is 3.66. The fourth-order valence-corrected chi connectivity index (χ4v) is 4.46. The molecule has 1 aliphatic heterocycles. The smallest absolute Gasteiger partial charge is 0.126 e. The molecule has 0 amide bonds. The van der Waals surface area contributed by atoms with Crippen molar-refractivity contribution < 1.29 is 4.39 Å². The van der Waals surface area contributed by atoms with Crippen molar-refractivity contribution in [3.8, 4) is 0 Å². The molecule has 0 unspecified atom stereocenters. The van der Waals surface area contributed by atoms with Crippen LogP contribution in [-0.4, -0.2) is 30.5 Å². The van der Waals surface area contributed by atoms with Crippen molar-refractivity contribution in [2.45, 2.75) is 19.8 Å². The molecule has 1 heterocycles. The van der Waals surface area contributed by atoms with Gasteiger partial charge in [0.05, 0.1) is 17.1 Å². The molecule has 1 fully saturated rings. The Morgan fingerprint density at radius 2 is 2.14 bits per heavy atom. The maximum Gasteiger partial charge on any atom is 0.126 e. The van der Waals surface area contributed by atoms with Crippen molar-refractivity contribution >= 4 is 51.0 Å². The zero-order valence-corrected chi connectivity index (χ0v) is 14.6. The number of hydrogen-bond acceptors (Lipinski definition) is 4. The van der Waals surface area contributed by atoms with Crippen molar-refractivity contribution in [2.75, 3.05) is 23.9 Å². The van der Waals surface area contributed by atoms with Crippen LogP contribution >= 0.6 is 27.7 Å². The number of hydrogen-bond donors (Lipinski definition) is 2. The third-order valence-corrected chi connectivity index (χ3v) is 5.49. The SMILES string of the molecule is CNc1c(Br)cc(F)cc1N=C(C=N)C1(C)CCSCC1. The fourth-order valence-electron chi connectivity index (χ4n) is 2.44. The Kier molecular flexibility index (Phi) is 5.43. The van der Waals surface area contributed by atoms with Gasteiger partial charge in [0.1, 0.15) is 5.82 Å². The lowest BCUT2D eigenvalue weighted by Crippen LogP contribution is -2.32. The van der Waals surface area contributed by atoms with E-state index in [-0.39, 0.29) is 11.2 Å². The maximum atomic E-state index is 13.6. The number of rotatable bonds is 4. The second kappa shape index (κ2) is 6.92. The summed E-state index contributed by atoms with van der Waals surface area (Å²) in [5, 5.41) is 10.8. The van der Waals surface area contributed by atoms with Crippen LogP contribution < -0.4 is 5.32 Å². The van der Waals surface area contributed by atoms with Gasteiger partial charge >= 0.3 is 0 Å². The van der Waals surface area contributed by atoms with E-state index in [2.05, 4.69) is 33.2 Å². The molecular formula is C15H19BrFN3S. The summed E-state index contributed by atoms with van der Waals surface area (Å²) in [5.74, 6) is 1.82. The zero-order valence-electron chi connectivity index (χ0n) is 12.2. The Bertz CT molecular complexity index is 568. The summed E-state index contributed by atoms with van der Waals surface area (Å²) in [6.45, 7) is 2.14. The topological polar surface area (TPSA) is 48.2 Å². The Morgan fingerprint density at radius 3 is 2.71 bits per heavy atom. The van der Waals surface area contributed by atoms with Crippen LogP contribution in [0.15, 0.2) is 21.6 Å². The van der Waals surface area contributed by atoms with E-state index in [1.54, 1.807) is 7.05 Å². The molecule has 0 aliphatic carbocycles. The van der Waals surface area contributed by atoms with Gasteiger partial charge < -0.3 is 10.7 Å². The van der Waals surface area contributed by atoms with Gasteiger partial charge in [-0.1, -0.05) is 6.92 Å². The van der Waals surface area contributed by atoms with Crippen LogP contribution in [0.2, 0.25) is 0 Å². The molecule has 2 rings (SSSR count). The van der Waals surface area contributed by atoms with Gasteiger partial charge in [-0.3, -0.25) is 0 Å². The summed E-state index contributed by atoms with van der Waals surface area (Å²) in [7, 11) is 1.78. The molecule has 0 bridgehead atoms. The monoisotopic (exact) mass is 371 g/mol. The van der Waals surface area contributed by atoms with E-state index in [0.717, 1.165) is 35.7 Å². The largest absolute Gasteiger partial charge is 0.385 e. The van der Waals surface area contributed by atoms with E-state index < -0.39 is 0 Å². The quantitative estimate of drug-likeness (QED) is 0.740. The van der Waals surface area contributed by atoms with Gasteiger partial charge in [0.2, 0.25) is 0 Å². The highest BCUT2D eigenvalue weighted by molar-refractivity contribution is 9.10. The van der Waals surface area contributed by atoms with Gasteiger partial charge in [0.25, 0.3) is 0 Å². The minimum Gasteiger partial charge on any atom is -0.385 e. The van der Waals surface area contributed by atoms with Gasteiger partial charge in [-0.2, -0.15) is 11.8 Å². The Hall–Kier alpha value is -0.880. The summed E-state index contributed by atoms with van der Waals surface area (Å²) in [4.78, 5) is 4.60. The minimum atomic E-state index is -0.340. The highest BCUT2D eigenvalue weighted by Gasteiger charge is 2.31. The van der Waals surface area contributed by atoms with Crippen LogP contribution in [0, 0.1) is 16.6 Å². The molecule has 0 saturated carbocycles. The highest BCUT2D eigenvalue weighted by atomic mass is 79.9. The maximum absolute atomic E-state index is 13.6. The molecule has 0 spiro atoms. The summed E-state index contributed by atoms with van der Waals surface area (Å²) < 4.78 is 14.3. The van der Waals surface area contributed by atoms with E-state index in [9.17, 15) is 4.39 Å². The molecular weight excluding hydrogens is 353 g/mol. The van der Waals surface area contributed by atoms with Crippen LogP contribution in [0.3, 0.4) is 0 Å². The van der Waals surface area contributed by atoms with Gasteiger partial charge in [0.15, 0.2) is 0 Å². The summed E-state index contributed by atoms with van der Waals surface area (Å²) >= 11 is 5.28. The van der Waals surface area contributed by atoms with Crippen molar-refractivity contribution in [3.05, 3.63) is 22.4 Å². The predicted octanol–water partition coefficient (Wildman–Crippen LogP) is 4.89. The summed E-state index contributed by atoms with van der Waals surface area (Å²) in [5.41, 5.74) is 1.89. The van der Waals surface area contributed by atoms with Crippen LogP contribution in [0.5, 0.6) is 0 Å². The average Bonchev–Trinajstić information content (AvgIpc) is 2.45. The number of nitrogens with zero attached hydrogens (tertiary/aromatic N) is 1. The Labute approximate surface area is 137 Å². The van der Waals surface area contributed by atoms with Gasteiger partial charge in [-0.15, -0.1) is 0 Å². The zero-order chi connectivity index (χ0) is 15.5. The van der Waals surface area contributed by atoms with E-state index in [1.807, 2.05) is 11.8 Å². The normalized spacial score (nSPS) is 18.4. The Morgan fingerprint density at radius 1 is 1.48 bits per heavy atom. The van der Waals surface area contributed by atoms with Gasteiger partial charge in [0, 0.05) is 29.2 Å². The first kappa shape index (κ1) is 16.5. The van der Waals surface area contributed by atoms with Crippen molar-refractivity contribution in [2.24, 2.45) is 10.4 Å². The highest BCUT2D eigenvalue weighted by Crippen LogP contribution is 2.39. The first-order valence-corrected chi connectivity index (χ1v) is 8.79. The molecule has 3 nitrogen and oxygen atoms in total. The number of thioether (sulfide) groups is 1. The van der Waals surface area contributed by atoms with E-state index in [4.69, 9.17) is 5.41 Å². The Balaban J connectivity index is 2.47. The number of nitrogens with one attached hydrogen (secondary N) is 2. The second-order valence-electron chi connectivity index (χ2n) is 5.35. The molecule has 0 atom stereocenters. The molecule has 114 valence electrons. The molecule has 21 heavy (non-hydrogen) atoms. The summed E-state index contributed by atoms with van der Waals surface area (Å²) in [6.07, 6.45) is 3.31. The van der Waals surface area contributed by atoms with Crippen LogP contribution in [0.25, 0.3) is 0 Å². The van der Waals surface area contributed by atoms with Crippen LogP contribution in [0.4, 0.5) is 15.8 Å². The first-order valence-electron chi connectivity index (χ1n) is 6.84. The van der Waals surface area contributed by atoms with Crippen LogP contribution in [-0.2, 0) is 0 Å². The summed E-state index contributed by atoms with van der Waals surface area (Å²) in [6, 6.07) is 2.81. The average molecular weight is 372 g/mol. The number of halogens is 2. The second-order valence-corrected chi connectivity index (χ2v) is 7.43. The molecule has 1 aromatic rings. The predicted molar refractivity (Wildman–Crippen MR) is 94.2 cm³/mol. The third-order valence-electron chi connectivity index (χ3n) is 3.88. The van der Waals surface area contributed by atoms with E-state index in [0.29, 0.717) is 10.2 Å². The van der Waals surface area contributed by atoms with E-state index >= 15 is 0 Å². The number of benzene rings is 1. The van der Waals surface area contributed by atoms with Crippen LogP contribution in [0.1, 0.15) is 19.8 Å². The van der Waals surface area contributed by atoms with Crippen molar-refractivity contribution in [3.63, 3.8) is 0 Å². The molecule has 1 saturated heterocycles. The molecule has 1 aliphatic rings. The molecule has 0 radical (unpaired) electrons. The minimum absolute atomic E-state index is 0.100. The fraction of sp³-hybridized carbons (Fsp3) is 0.467. The van der Waals surface area contributed by atoms with Crippen molar-refractivity contribution in [1.82, 2.24) is 0 Å². The molecule has 0 aromatic heterocycles.